The van der Waals surface area contributed by atoms with Crippen molar-refractivity contribution < 1.29 is 19.5 Å². The van der Waals surface area contributed by atoms with Crippen molar-refractivity contribution in [2.45, 2.75) is 13.1 Å². The Kier molecular flexibility index (Phi) is 5.84. The number of imidazole rings is 1. The van der Waals surface area contributed by atoms with Crippen LogP contribution in [-0.4, -0.2) is 44.3 Å². The van der Waals surface area contributed by atoms with Crippen LogP contribution in [0.2, 0.25) is 0 Å². The van der Waals surface area contributed by atoms with E-state index in [1.807, 2.05) is 60.7 Å². The van der Waals surface area contributed by atoms with Gasteiger partial charge >= 0.3 is 5.91 Å². The SMILES string of the molecule is O=C1N=C(c2nc(O)c(C(=O)NCc3ccccc3)[nH]2)N=C1C(=O)NCc1ccccc1. The predicted octanol–water partition coefficient (Wildman–Crippen LogP) is 1.09. The fourth-order valence-electron chi connectivity index (χ4n) is 2.94. The van der Waals surface area contributed by atoms with Crippen molar-refractivity contribution in [1.29, 1.82) is 0 Å². The first-order valence-corrected chi connectivity index (χ1v) is 9.66. The summed E-state index contributed by atoms with van der Waals surface area (Å²) in [4.78, 5) is 50.9. The zero-order chi connectivity index (χ0) is 22.5. The lowest BCUT2D eigenvalue weighted by atomic mass is 10.2. The molecule has 1 aromatic heterocycles. The number of H-pyrrole nitrogens is 1. The fraction of sp³-hybridized carbons (Fsp3) is 0.0909. The second kappa shape index (κ2) is 9.04. The van der Waals surface area contributed by atoms with Crippen LogP contribution in [0, 0.1) is 0 Å². The van der Waals surface area contributed by atoms with Crippen LogP contribution in [0.4, 0.5) is 0 Å². The molecule has 0 saturated heterocycles. The number of aromatic nitrogens is 2. The summed E-state index contributed by atoms with van der Waals surface area (Å²) < 4.78 is 0. The van der Waals surface area contributed by atoms with Gasteiger partial charge in [0.25, 0.3) is 11.8 Å². The van der Waals surface area contributed by atoms with E-state index in [1.165, 1.54) is 0 Å². The summed E-state index contributed by atoms with van der Waals surface area (Å²) in [7, 11) is 0. The van der Waals surface area contributed by atoms with Gasteiger partial charge in [-0.15, -0.1) is 0 Å². The first-order valence-electron chi connectivity index (χ1n) is 9.66. The van der Waals surface area contributed by atoms with E-state index >= 15 is 0 Å². The number of carbonyl (C=O) groups excluding carboxylic acids is 3. The van der Waals surface area contributed by atoms with Gasteiger partial charge in [-0.2, -0.15) is 9.98 Å². The first-order chi connectivity index (χ1) is 15.5. The molecule has 0 saturated carbocycles. The minimum absolute atomic E-state index is 0.105. The largest absolute Gasteiger partial charge is 0.492 e. The van der Waals surface area contributed by atoms with E-state index in [0.717, 1.165) is 11.1 Å². The van der Waals surface area contributed by atoms with Crippen LogP contribution in [0.5, 0.6) is 5.88 Å². The highest BCUT2D eigenvalue weighted by Crippen LogP contribution is 2.16. The van der Waals surface area contributed by atoms with Crippen molar-refractivity contribution in [3.8, 4) is 5.88 Å². The van der Waals surface area contributed by atoms with Gasteiger partial charge in [-0.05, 0) is 11.1 Å². The maximum atomic E-state index is 12.4. The van der Waals surface area contributed by atoms with E-state index in [4.69, 9.17) is 0 Å². The smallest absolute Gasteiger partial charge is 0.303 e. The molecule has 0 spiro atoms. The number of nitrogens with one attached hydrogen (secondary N) is 3. The highest BCUT2D eigenvalue weighted by molar-refractivity contribution is 6.68. The van der Waals surface area contributed by atoms with Gasteiger partial charge < -0.3 is 20.7 Å². The molecule has 0 fully saturated rings. The topological polar surface area (TPSA) is 149 Å². The van der Waals surface area contributed by atoms with Crippen molar-refractivity contribution in [3.63, 3.8) is 0 Å². The zero-order valence-corrected chi connectivity index (χ0v) is 16.7. The molecule has 32 heavy (non-hydrogen) atoms. The van der Waals surface area contributed by atoms with Crippen LogP contribution in [-0.2, 0) is 22.7 Å². The number of aromatic amines is 1. The molecule has 10 heteroatoms. The van der Waals surface area contributed by atoms with Crippen molar-refractivity contribution in [2.24, 2.45) is 9.98 Å². The molecule has 4 rings (SSSR count). The zero-order valence-electron chi connectivity index (χ0n) is 16.7. The summed E-state index contributed by atoms with van der Waals surface area (Å²) in [5.41, 5.74) is 1.13. The molecule has 0 unspecified atom stereocenters. The Hall–Kier alpha value is -4.60. The van der Waals surface area contributed by atoms with E-state index in [1.54, 1.807) is 0 Å². The van der Waals surface area contributed by atoms with Crippen LogP contribution in [0.15, 0.2) is 70.6 Å². The average Bonchev–Trinajstić information content (AvgIpc) is 3.40. The third-order valence-corrected chi connectivity index (χ3v) is 4.56. The molecule has 0 radical (unpaired) electrons. The normalized spacial score (nSPS) is 12.8. The Morgan fingerprint density at radius 2 is 1.41 bits per heavy atom. The molecule has 0 bridgehead atoms. The summed E-state index contributed by atoms with van der Waals surface area (Å²) in [6.45, 7) is 0.464. The lowest BCUT2D eigenvalue weighted by Crippen LogP contribution is -2.33. The number of benzene rings is 2. The van der Waals surface area contributed by atoms with Crippen molar-refractivity contribution >= 4 is 29.3 Å². The number of carbonyl (C=O) groups is 3. The van der Waals surface area contributed by atoms with Crippen LogP contribution in [0.1, 0.15) is 27.4 Å². The molecule has 4 N–H and O–H groups in total. The van der Waals surface area contributed by atoms with Crippen molar-refractivity contribution in [1.82, 2.24) is 20.6 Å². The van der Waals surface area contributed by atoms with Gasteiger partial charge in [0, 0.05) is 13.1 Å². The van der Waals surface area contributed by atoms with Gasteiger partial charge in [0.2, 0.25) is 5.88 Å². The summed E-state index contributed by atoms with van der Waals surface area (Å²) in [6.07, 6.45) is 0. The monoisotopic (exact) mass is 430 g/mol. The highest BCUT2D eigenvalue weighted by Gasteiger charge is 2.29. The maximum absolute atomic E-state index is 12.4. The Morgan fingerprint density at radius 1 is 0.844 bits per heavy atom. The number of rotatable bonds is 7. The van der Waals surface area contributed by atoms with Gasteiger partial charge in [-0.25, -0.2) is 4.99 Å². The minimum atomic E-state index is -0.837. The van der Waals surface area contributed by atoms with E-state index < -0.39 is 29.3 Å². The van der Waals surface area contributed by atoms with Crippen molar-refractivity contribution in [3.05, 3.63) is 83.3 Å². The third-order valence-electron chi connectivity index (χ3n) is 4.56. The molecule has 2 aromatic carbocycles. The number of aromatic hydroxyl groups is 1. The van der Waals surface area contributed by atoms with Gasteiger partial charge in [0.15, 0.2) is 23.1 Å². The van der Waals surface area contributed by atoms with E-state index in [2.05, 4.69) is 30.6 Å². The van der Waals surface area contributed by atoms with E-state index in [0.29, 0.717) is 0 Å². The molecule has 2 heterocycles. The minimum Gasteiger partial charge on any atom is -0.492 e. The van der Waals surface area contributed by atoms with Crippen LogP contribution in [0.3, 0.4) is 0 Å². The number of hydrogen-bond acceptors (Lipinski definition) is 6. The molecule has 3 amide bonds. The molecular weight excluding hydrogens is 412 g/mol. The molecule has 1 aliphatic heterocycles. The van der Waals surface area contributed by atoms with Gasteiger partial charge in [0.1, 0.15) is 0 Å². The number of hydrogen-bond donors (Lipinski definition) is 4. The fourth-order valence-corrected chi connectivity index (χ4v) is 2.94. The van der Waals surface area contributed by atoms with E-state index in [9.17, 15) is 19.5 Å². The molecule has 3 aromatic rings. The number of aliphatic imine (C=N–C) groups is 2. The first kappa shape index (κ1) is 20.7. The third kappa shape index (κ3) is 4.59. The Morgan fingerprint density at radius 3 is 2.00 bits per heavy atom. The molecule has 10 nitrogen and oxygen atoms in total. The van der Waals surface area contributed by atoms with Crippen LogP contribution >= 0.6 is 0 Å². The molecule has 0 aliphatic carbocycles. The number of nitrogens with zero attached hydrogens (tertiary/aromatic N) is 3. The number of amidine groups is 1. The van der Waals surface area contributed by atoms with Gasteiger partial charge in [0.05, 0.1) is 0 Å². The van der Waals surface area contributed by atoms with Gasteiger partial charge in [-0.1, -0.05) is 60.7 Å². The summed E-state index contributed by atoms with van der Waals surface area (Å²) in [6, 6.07) is 18.4. The molecule has 160 valence electrons. The number of amides is 3. The second-order valence-corrected chi connectivity index (χ2v) is 6.82. The highest BCUT2D eigenvalue weighted by atomic mass is 16.3. The molecule has 1 aliphatic rings. The Bertz CT molecular complexity index is 1230. The lowest BCUT2D eigenvalue weighted by Gasteiger charge is -2.03. The summed E-state index contributed by atoms with van der Waals surface area (Å²) in [5, 5.41) is 15.3. The quantitative estimate of drug-likeness (QED) is 0.443. The molecular formula is C22H18N6O4. The second-order valence-electron chi connectivity index (χ2n) is 6.82. The van der Waals surface area contributed by atoms with Crippen molar-refractivity contribution in [2.75, 3.05) is 0 Å². The summed E-state index contributed by atoms with van der Waals surface area (Å²) >= 11 is 0. The average molecular weight is 430 g/mol. The standard InChI is InChI=1S/C22H18N6O4/c29-19(23-11-13-7-3-1-4-8-13)15-21(31)27-17(25-15)18-26-16(22(32)28-18)20(30)24-12-14-9-5-2-6-10-14/h1-10,31H,11-12H2,(H,23,29)(H,24,30)(H,25,27). The Labute approximate surface area is 182 Å². The van der Waals surface area contributed by atoms with Gasteiger partial charge in [-0.3, -0.25) is 14.4 Å². The van der Waals surface area contributed by atoms with E-state index in [-0.39, 0.29) is 30.4 Å². The maximum Gasteiger partial charge on any atom is 0.303 e. The predicted molar refractivity (Wildman–Crippen MR) is 115 cm³/mol. The van der Waals surface area contributed by atoms with Crippen LogP contribution in [0.25, 0.3) is 0 Å². The van der Waals surface area contributed by atoms with Crippen LogP contribution < -0.4 is 10.6 Å². The summed E-state index contributed by atoms with van der Waals surface area (Å²) in [5.74, 6) is -2.99. The lowest BCUT2D eigenvalue weighted by molar-refractivity contribution is -0.117. The molecule has 0 atom stereocenters. The Balaban J connectivity index is 1.43.